The lowest BCUT2D eigenvalue weighted by atomic mass is 10.2. The van der Waals surface area contributed by atoms with Crippen LogP contribution in [0.3, 0.4) is 0 Å². The zero-order chi connectivity index (χ0) is 20.1. The molecule has 29 heavy (non-hydrogen) atoms. The van der Waals surface area contributed by atoms with Crippen molar-refractivity contribution >= 4 is 29.1 Å². The van der Waals surface area contributed by atoms with Gasteiger partial charge in [-0.15, -0.1) is 5.10 Å². The maximum Gasteiger partial charge on any atom is 0.320 e. The standard InChI is InChI=1S/C21H18ClN5O2/c1-28-17-5-2-4-16(12-17)25-21-27-26-20(29-21)18-6-3-11-23-19(18)24-13-14-7-9-15(22)10-8-14/h2-12H,13H2,1H3,(H,23,24)(H,25,27). The van der Waals surface area contributed by atoms with E-state index in [9.17, 15) is 0 Å². The van der Waals surface area contributed by atoms with Gasteiger partial charge in [-0.2, -0.15) is 0 Å². The second kappa shape index (κ2) is 8.62. The summed E-state index contributed by atoms with van der Waals surface area (Å²) in [4.78, 5) is 4.40. The van der Waals surface area contributed by atoms with Crippen molar-refractivity contribution in [3.05, 3.63) is 77.4 Å². The van der Waals surface area contributed by atoms with Gasteiger partial charge in [0, 0.05) is 29.5 Å². The average Bonchev–Trinajstić information content (AvgIpc) is 3.22. The van der Waals surface area contributed by atoms with Gasteiger partial charge in [-0.25, -0.2) is 4.98 Å². The van der Waals surface area contributed by atoms with Crippen molar-refractivity contribution in [1.82, 2.24) is 15.2 Å². The van der Waals surface area contributed by atoms with Crippen LogP contribution in [-0.2, 0) is 6.54 Å². The molecule has 0 saturated carbocycles. The predicted molar refractivity (Wildman–Crippen MR) is 113 cm³/mol. The number of ether oxygens (including phenoxy) is 1. The van der Waals surface area contributed by atoms with Crippen molar-refractivity contribution in [3.63, 3.8) is 0 Å². The van der Waals surface area contributed by atoms with Gasteiger partial charge in [0.1, 0.15) is 11.6 Å². The summed E-state index contributed by atoms with van der Waals surface area (Å²) in [6, 6.07) is 19.1. The van der Waals surface area contributed by atoms with Gasteiger partial charge >= 0.3 is 6.01 Å². The van der Waals surface area contributed by atoms with Gasteiger partial charge in [0.15, 0.2) is 0 Å². The molecule has 7 nitrogen and oxygen atoms in total. The number of anilines is 3. The molecule has 0 bridgehead atoms. The summed E-state index contributed by atoms with van der Waals surface area (Å²) in [6.07, 6.45) is 1.71. The van der Waals surface area contributed by atoms with Crippen molar-refractivity contribution < 1.29 is 9.15 Å². The predicted octanol–water partition coefficient (Wildman–Crippen LogP) is 5.15. The molecule has 2 aromatic heterocycles. The number of methoxy groups -OCH3 is 1. The van der Waals surface area contributed by atoms with E-state index in [0.29, 0.717) is 28.8 Å². The first-order valence-corrected chi connectivity index (χ1v) is 9.27. The van der Waals surface area contributed by atoms with E-state index in [1.807, 2.05) is 60.7 Å². The quantitative estimate of drug-likeness (QED) is 0.438. The molecular formula is C21H18ClN5O2. The summed E-state index contributed by atoms with van der Waals surface area (Å²) in [5.41, 5.74) is 2.58. The van der Waals surface area contributed by atoms with Gasteiger partial charge in [-0.05, 0) is 42.0 Å². The first-order valence-electron chi connectivity index (χ1n) is 8.89. The molecule has 0 radical (unpaired) electrons. The van der Waals surface area contributed by atoms with E-state index < -0.39 is 0 Å². The van der Waals surface area contributed by atoms with Crippen molar-refractivity contribution in [2.24, 2.45) is 0 Å². The molecule has 0 atom stereocenters. The fourth-order valence-electron chi connectivity index (χ4n) is 2.71. The van der Waals surface area contributed by atoms with E-state index in [4.69, 9.17) is 20.8 Å². The summed E-state index contributed by atoms with van der Waals surface area (Å²) in [6.45, 7) is 0.588. The molecule has 146 valence electrons. The van der Waals surface area contributed by atoms with Crippen molar-refractivity contribution in [2.75, 3.05) is 17.7 Å². The third-order valence-corrected chi connectivity index (χ3v) is 4.41. The van der Waals surface area contributed by atoms with Crippen LogP contribution in [0, 0.1) is 0 Å². The van der Waals surface area contributed by atoms with Crippen LogP contribution in [0.2, 0.25) is 5.02 Å². The Morgan fingerprint density at radius 3 is 2.72 bits per heavy atom. The molecule has 2 aromatic carbocycles. The molecule has 0 aliphatic rings. The lowest BCUT2D eigenvalue weighted by molar-refractivity contribution is 0.415. The van der Waals surface area contributed by atoms with Crippen LogP contribution in [0.25, 0.3) is 11.5 Å². The van der Waals surface area contributed by atoms with Crippen molar-refractivity contribution in [3.8, 4) is 17.2 Å². The Balaban J connectivity index is 1.51. The molecule has 2 heterocycles. The van der Waals surface area contributed by atoms with E-state index in [2.05, 4.69) is 25.8 Å². The van der Waals surface area contributed by atoms with Gasteiger partial charge < -0.3 is 19.8 Å². The normalized spacial score (nSPS) is 10.6. The van der Waals surface area contributed by atoms with E-state index in [1.165, 1.54) is 0 Å². The van der Waals surface area contributed by atoms with E-state index in [-0.39, 0.29) is 6.01 Å². The molecule has 0 aliphatic heterocycles. The highest BCUT2D eigenvalue weighted by atomic mass is 35.5. The van der Waals surface area contributed by atoms with Crippen LogP contribution < -0.4 is 15.4 Å². The van der Waals surface area contributed by atoms with E-state index >= 15 is 0 Å². The highest BCUT2D eigenvalue weighted by Crippen LogP contribution is 2.28. The SMILES string of the molecule is COc1cccc(Nc2nnc(-c3cccnc3NCc3ccc(Cl)cc3)o2)c1. The number of hydrogen-bond donors (Lipinski definition) is 2. The molecule has 0 saturated heterocycles. The summed E-state index contributed by atoms with van der Waals surface area (Å²) in [5.74, 6) is 1.75. The maximum atomic E-state index is 5.94. The lowest BCUT2D eigenvalue weighted by Crippen LogP contribution is -2.02. The minimum atomic E-state index is 0.278. The molecule has 4 aromatic rings. The molecule has 4 rings (SSSR count). The first-order chi connectivity index (χ1) is 14.2. The van der Waals surface area contributed by atoms with Crippen LogP contribution in [0.5, 0.6) is 5.75 Å². The zero-order valence-corrected chi connectivity index (χ0v) is 16.3. The molecule has 0 unspecified atom stereocenters. The maximum absolute atomic E-state index is 5.94. The number of rotatable bonds is 7. The molecule has 0 spiro atoms. The minimum Gasteiger partial charge on any atom is -0.497 e. The zero-order valence-electron chi connectivity index (χ0n) is 15.6. The molecule has 8 heteroatoms. The summed E-state index contributed by atoms with van der Waals surface area (Å²) >= 11 is 5.94. The summed E-state index contributed by atoms with van der Waals surface area (Å²) in [5, 5.41) is 15.3. The molecule has 0 aliphatic carbocycles. The molecule has 0 amide bonds. The number of nitrogens with one attached hydrogen (secondary N) is 2. The highest BCUT2D eigenvalue weighted by Gasteiger charge is 2.14. The molecule has 2 N–H and O–H groups in total. The number of pyridine rings is 1. The molecular weight excluding hydrogens is 390 g/mol. The van der Waals surface area contributed by atoms with Crippen molar-refractivity contribution in [1.29, 1.82) is 0 Å². The van der Waals surface area contributed by atoms with E-state index in [0.717, 1.165) is 17.0 Å². The van der Waals surface area contributed by atoms with Gasteiger partial charge in [-0.3, -0.25) is 0 Å². The van der Waals surface area contributed by atoms with Crippen LogP contribution >= 0.6 is 11.6 Å². The van der Waals surface area contributed by atoms with Crippen molar-refractivity contribution in [2.45, 2.75) is 6.54 Å². The number of benzene rings is 2. The average molecular weight is 408 g/mol. The number of hydrogen-bond acceptors (Lipinski definition) is 7. The minimum absolute atomic E-state index is 0.278. The summed E-state index contributed by atoms with van der Waals surface area (Å²) in [7, 11) is 1.62. The van der Waals surface area contributed by atoms with Crippen LogP contribution in [0.1, 0.15) is 5.56 Å². The topological polar surface area (TPSA) is 85.1 Å². The second-order valence-corrected chi connectivity index (χ2v) is 6.59. The monoisotopic (exact) mass is 407 g/mol. The summed E-state index contributed by atoms with van der Waals surface area (Å²) < 4.78 is 11.0. The number of aromatic nitrogens is 3. The highest BCUT2D eigenvalue weighted by molar-refractivity contribution is 6.30. The van der Waals surface area contributed by atoms with Gasteiger partial charge in [-0.1, -0.05) is 34.9 Å². The van der Waals surface area contributed by atoms with Crippen LogP contribution in [0.4, 0.5) is 17.5 Å². The number of nitrogens with zero attached hydrogens (tertiary/aromatic N) is 3. The Hall–Kier alpha value is -3.58. The Morgan fingerprint density at radius 2 is 1.90 bits per heavy atom. The van der Waals surface area contributed by atoms with Gasteiger partial charge in [0.2, 0.25) is 0 Å². The van der Waals surface area contributed by atoms with Gasteiger partial charge in [0.25, 0.3) is 5.89 Å². The largest absolute Gasteiger partial charge is 0.497 e. The first kappa shape index (κ1) is 18.8. The van der Waals surface area contributed by atoms with Gasteiger partial charge in [0.05, 0.1) is 12.7 Å². The van der Waals surface area contributed by atoms with E-state index in [1.54, 1.807) is 13.3 Å². The lowest BCUT2D eigenvalue weighted by Gasteiger charge is -2.08. The third-order valence-electron chi connectivity index (χ3n) is 4.16. The third kappa shape index (κ3) is 4.64. The Kier molecular flexibility index (Phi) is 5.58. The van der Waals surface area contributed by atoms with Crippen LogP contribution in [0.15, 0.2) is 71.3 Å². The van der Waals surface area contributed by atoms with Crippen LogP contribution in [-0.4, -0.2) is 22.3 Å². The molecule has 0 fully saturated rings. The number of halogens is 1. The fraction of sp³-hybridized carbons (Fsp3) is 0.0952. The Labute approximate surface area is 172 Å². The fourth-order valence-corrected chi connectivity index (χ4v) is 2.84. The Morgan fingerprint density at radius 1 is 1.03 bits per heavy atom. The second-order valence-electron chi connectivity index (χ2n) is 6.15. The smallest absolute Gasteiger partial charge is 0.320 e. The Bertz CT molecular complexity index is 1100.